The predicted molar refractivity (Wildman–Crippen MR) is 91.2 cm³/mol. The molecule has 3 rings (SSSR count). The smallest absolute Gasteiger partial charge is 0.331 e. The van der Waals surface area contributed by atoms with E-state index in [2.05, 4.69) is 22.2 Å². The van der Waals surface area contributed by atoms with Gasteiger partial charge in [-0.1, -0.05) is 6.92 Å². The van der Waals surface area contributed by atoms with Crippen molar-refractivity contribution in [2.75, 3.05) is 7.11 Å². The maximum atomic E-state index is 12.8. The van der Waals surface area contributed by atoms with Crippen LogP contribution in [-0.2, 0) is 9.53 Å². The van der Waals surface area contributed by atoms with Gasteiger partial charge in [0.15, 0.2) is 0 Å². The lowest BCUT2D eigenvalue weighted by Gasteiger charge is -2.37. The van der Waals surface area contributed by atoms with Crippen LogP contribution in [0.4, 0.5) is 0 Å². The highest BCUT2D eigenvalue weighted by Gasteiger charge is 2.43. The fraction of sp³-hybridized carbons (Fsp3) is 0.444. The first-order valence-corrected chi connectivity index (χ1v) is 8.39. The van der Waals surface area contributed by atoms with Crippen molar-refractivity contribution in [1.82, 2.24) is 19.9 Å². The Morgan fingerprint density at radius 1 is 1.32 bits per heavy atom. The maximum absolute atomic E-state index is 12.8. The van der Waals surface area contributed by atoms with Gasteiger partial charge in [0.05, 0.1) is 7.11 Å². The number of nitrogens with zero attached hydrogens (tertiary/aromatic N) is 3. The number of aromatic nitrogens is 3. The van der Waals surface area contributed by atoms with Crippen LogP contribution in [0.15, 0.2) is 37.1 Å². The molecule has 0 atom stereocenters. The van der Waals surface area contributed by atoms with Crippen molar-refractivity contribution in [2.24, 2.45) is 5.92 Å². The third kappa shape index (κ3) is 3.55. The minimum Gasteiger partial charge on any atom is -0.467 e. The van der Waals surface area contributed by atoms with Gasteiger partial charge in [-0.3, -0.25) is 9.36 Å². The number of nitrogens with one attached hydrogen (secondary N) is 1. The second kappa shape index (κ2) is 7.04. The first-order chi connectivity index (χ1) is 12.0. The molecular formula is C18H22N4O3. The summed E-state index contributed by atoms with van der Waals surface area (Å²) >= 11 is 0. The third-order valence-electron chi connectivity index (χ3n) is 4.83. The molecule has 0 unspecified atom stereocenters. The van der Waals surface area contributed by atoms with Crippen LogP contribution in [0.1, 0.15) is 43.0 Å². The van der Waals surface area contributed by atoms with Crippen LogP contribution >= 0.6 is 0 Å². The van der Waals surface area contributed by atoms with Crippen LogP contribution in [0, 0.1) is 5.92 Å². The Labute approximate surface area is 146 Å². The van der Waals surface area contributed by atoms with E-state index in [-0.39, 0.29) is 11.9 Å². The molecule has 1 aliphatic carbocycles. The van der Waals surface area contributed by atoms with E-state index >= 15 is 0 Å². The zero-order chi connectivity index (χ0) is 17.9. The highest BCUT2D eigenvalue weighted by molar-refractivity contribution is 5.98. The normalized spacial score (nSPS) is 23.0. The van der Waals surface area contributed by atoms with E-state index in [1.54, 1.807) is 41.6 Å². The van der Waals surface area contributed by atoms with E-state index in [9.17, 15) is 9.59 Å². The Morgan fingerprint density at radius 2 is 2.08 bits per heavy atom. The van der Waals surface area contributed by atoms with E-state index in [0.29, 0.717) is 30.1 Å². The van der Waals surface area contributed by atoms with Crippen LogP contribution in [0.5, 0.6) is 0 Å². The van der Waals surface area contributed by atoms with Gasteiger partial charge >= 0.3 is 5.97 Å². The first kappa shape index (κ1) is 17.1. The quantitative estimate of drug-likeness (QED) is 0.860. The zero-order valence-corrected chi connectivity index (χ0v) is 14.4. The lowest BCUT2D eigenvalue weighted by molar-refractivity contribution is -0.150. The fourth-order valence-corrected chi connectivity index (χ4v) is 3.22. The average Bonchev–Trinajstić information content (AvgIpc) is 3.18. The summed E-state index contributed by atoms with van der Waals surface area (Å²) in [6, 6.07) is 3.31. The molecule has 0 spiro atoms. The van der Waals surface area contributed by atoms with Gasteiger partial charge in [-0.05, 0) is 43.7 Å². The maximum Gasteiger partial charge on any atom is 0.331 e. The molecule has 7 nitrogen and oxygen atoms in total. The molecule has 0 aromatic carbocycles. The molecule has 1 N–H and O–H groups in total. The summed E-state index contributed by atoms with van der Waals surface area (Å²) in [5.74, 6) is 0.457. The summed E-state index contributed by atoms with van der Waals surface area (Å²) in [7, 11) is 1.36. The number of carbonyl (C=O) groups excluding carboxylic acids is 2. The number of esters is 1. The Bertz CT molecular complexity index is 749. The summed E-state index contributed by atoms with van der Waals surface area (Å²) in [4.78, 5) is 33.3. The van der Waals surface area contributed by atoms with Crippen LogP contribution in [0.2, 0.25) is 0 Å². The Kier molecular flexibility index (Phi) is 4.83. The molecule has 1 saturated carbocycles. The number of imidazole rings is 1. The Balaban J connectivity index is 1.82. The van der Waals surface area contributed by atoms with Gasteiger partial charge in [-0.2, -0.15) is 0 Å². The molecule has 0 saturated heterocycles. The Hall–Kier alpha value is -2.70. The number of pyridine rings is 1. The van der Waals surface area contributed by atoms with Gasteiger partial charge < -0.3 is 10.1 Å². The highest BCUT2D eigenvalue weighted by Crippen LogP contribution is 2.33. The number of rotatable bonds is 4. The van der Waals surface area contributed by atoms with E-state index in [4.69, 9.17) is 4.74 Å². The first-order valence-electron chi connectivity index (χ1n) is 8.39. The van der Waals surface area contributed by atoms with E-state index in [1.807, 2.05) is 0 Å². The third-order valence-corrected chi connectivity index (χ3v) is 4.83. The summed E-state index contributed by atoms with van der Waals surface area (Å²) in [6.07, 6.45) is 9.52. The predicted octanol–water partition coefficient (Wildman–Crippen LogP) is 2.12. The standard InChI is InChI=1S/C18H22N4O3/c1-13-3-6-18(7-4-13,17(24)25-2)21-16(23)14-5-8-20-15(11-14)22-10-9-19-12-22/h5,8-13H,3-4,6-7H2,1-2H3,(H,21,23). The monoisotopic (exact) mass is 342 g/mol. The number of hydrogen-bond acceptors (Lipinski definition) is 5. The van der Waals surface area contributed by atoms with Gasteiger partial charge in [0.25, 0.3) is 5.91 Å². The Morgan fingerprint density at radius 3 is 2.72 bits per heavy atom. The highest BCUT2D eigenvalue weighted by atomic mass is 16.5. The topological polar surface area (TPSA) is 86.1 Å². The zero-order valence-electron chi connectivity index (χ0n) is 14.4. The minimum atomic E-state index is -0.948. The second-order valence-electron chi connectivity index (χ2n) is 6.58. The number of hydrogen-bond donors (Lipinski definition) is 1. The number of methoxy groups -OCH3 is 1. The molecule has 0 radical (unpaired) electrons. The SMILES string of the molecule is COC(=O)C1(NC(=O)c2ccnc(-n3ccnc3)c2)CCC(C)CC1. The van der Waals surface area contributed by atoms with Gasteiger partial charge in [0, 0.05) is 24.2 Å². The van der Waals surface area contributed by atoms with E-state index in [1.165, 1.54) is 7.11 Å². The molecule has 2 aromatic rings. The van der Waals surface area contributed by atoms with Crippen LogP contribution < -0.4 is 5.32 Å². The molecule has 0 bridgehead atoms. The van der Waals surface area contributed by atoms with Crippen LogP contribution in [0.25, 0.3) is 5.82 Å². The fourth-order valence-electron chi connectivity index (χ4n) is 3.22. The molecule has 1 fully saturated rings. The molecular weight excluding hydrogens is 320 g/mol. The number of amides is 1. The lowest BCUT2D eigenvalue weighted by atomic mass is 9.77. The summed E-state index contributed by atoms with van der Waals surface area (Å²) in [5.41, 5.74) is -0.503. The van der Waals surface area contributed by atoms with E-state index < -0.39 is 5.54 Å². The summed E-state index contributed by atoms with van der Waals surface area (Å²) < 4.78 is 6.69. The lowest BCUT2D eigenvalue weighted by Crippen LogP contribution is -2.56. The minimum absolute atomic E-state index is 0.302. The molecule has 7 heteroatoms. The molecule has 1 amide bonds. The van der Waals surface area contributed by atoms with Gasteiger partial charge in [0.1, 0.15) is 17.7 Å². The van der Waals surface area contributed by atoms with Crippen molar-refractivity contribution in [3.8, 4) is 5.82 Å². The van der Waals surface area contributed by atoms with Crippen molar-refractivity contribution in [2.45, 2.75) is 38.1 Å². The average molecular weight is 342 g/mol. The van der Waals surface area contributed by atoms with Crippen molar-refractivity contribution < 1.29 is 14.3 Å². The molecule has 2 aromatic heterocycles. The molecule has 132 valence electrons. The molecule has 0 aliphatic heterocycles. The second-order valence-corrected chi connectivity index (χ2v) is 6.58. The van der Waals surface area contributed by atoms with Crippen molar-refractivity contribution >= 4 is 11.9 Å². The van der Waals surface area contributed by atoms with Gasteiger partial charge in [-0.25, -0.2) is 14.8 Å². The summed E-state index contributed by atoms with van der Waals surface area (Å²) in [6.45, 7) is 2.16. The van der Waals surface area contributed by atoms with Gasteiger partial charge in [-0.15, -0.1) is 0 Å². The van der Waals surface area contributed by atoms with Crippen LogP contribution in [-0.4, -0.2) is 39.1 Å². The van der Waals surface area contributed by atoms with Crippen molar-refractivity contribution in [1.29, 1.82) is 0 Å². The molecule has 2 heterocycles. The van der Waals surface area contributed by atoms with E-state index in [0.717, 1.165) is 12.8 Å². The molecule has 25 heavy (non-hydrogen) atoms. The van der Waals surface area contributed by atoms with Crippen molar-refractivity contribution in [3.63, 3.8) is 0 Å². The van der Waals surface area contributed by atoms with Gasteiger partial charge in [0.2, 0.25) is 0 Å². The van der Waals surface area contributed by atoms with Crippen LogP contribution in [0.3, 0.4) is 0 Å². The number of carbonyl (C=O) groups is 2. The van der Waals surface area contributed by atoms with Crippen molar-refractivity contribution in [3.05, 3.63) is 42.6 Å². The largest absolute Gasteiger partial charge is 0.467 e. The number of ether oxygens (including phenoxy) is 1. The summed E-state index contributed by atoms with van der Waals surface area (Å²) in [5, 5.41) is 2.93. The molecule has 1 aliphatic rings.